The number of carbonyl (C=O) groups is 5. The van der Waals surface area contributed by atoms with Crippen LogP contribution >= 0.6 is 0 Å². The lowest BCUT2D eigenvalue weighted by Gasteiger charge is -2.32. The van der Waals surface area contributed by atoms with Crippen molar-refractivity contribution in [3.05, 3.63) is 69.3 Å². The molecule has 0 aliphatic carbocycles. The van der Waals surface area contributed by atoms with E-state index in [1.54, 1.807) is 23.1 Å². The van der Waals surface area contributed by atoms with E-state index in [0.29, 0.717) is 31.5 Å². The maximum absolute atomic E-state index is 12.8. The van der Waals surface area contributed by atoms with Crippen molar-refractivity contribution in [1.82, 2.24) is 15.1 Å². The topological polar surface area (TPSA) is 156 Å². The number of non-ortho nitro benzene ring substituents is 1. The summed E-state index contributed by atoms with van der Waals surface area (Å²) in [4.78, 5) is 74.3. The van der Waals surface area contributed by atoms with E-state index in [1.807, 2.05) is 0 Å². The molecule has 36 heavy (non-hydrogen) atoms. The number of nitro groups is 1. The Balaban J connectivity index is 1.30. The number of fused-ring (bicyclic) bond motifs is 1. The summed E-state index contributed by atoms with van der Waals surface area (Å²) in [7, 11) is 0. The normalized spacial score (nSPS) is 15.5. The predicted octanol–water partition coefficient (Wildman–Crippen LogP) is 1.54. The highest BCUT2D eigenvalue weighted by atomic mass is 16.6. The van der Waals surface area contributed by atoms with E-state index < -0.39 is 35.2 Å². The van der Waals surface area contributed by atoms with Gasteiger partial charge in [0.1, 0.15) is 12.3 Å². The minimum atomic E-state index is -0.759. The zero-order valence-corrected chi connectivity index (χ0v) is 19.3. The Morgan fingerprint density at radius 2 is 1.75 bits per heavy atom. The van der Waals surface area contributed by atoms with Gasteiger partial charge in [0.15, 0.2) is 0 Å². The van der Waals surface area contributed by atoms with E-state index in [4.69, 9.17) is 4.74 Å². The molecule has 12 nitrogen and oxygen atoms in total. The van der Waals surface area contributed by atoms with Gasteiger partial charge in [0.2, 0.25) is 5.91 Å². The number of benzene rings is 2. The lowest BCUT2D eigenvalue weighted by Crippen LogP contribution is -2.49. The number of nitro benzene ring substituents is 1. The Morgan fingerprint density at radius 3 is 2.42 bits per heavy atom. The zero-order valence-electron chi connectivity index (χ0n) is 19.3. The van der Waals surface area contributed by atoms with Gasteiger partial charge in [-0.05, 0) is 37.1 Å². The molecule has 0 unspecified atom stereocenters. The number of imide groups is 1. The van der Waals surface area contributed by atoms with Crippen LogP contribution in [0.5, 0.6) is 5.75 Å². The third-order valence-corrected chi connectivity index (χ3v) is 5.96. The quantitative estimate of drug-likeness (QED) is 0.208. The van der Waals surface area contributed by atoms with Gasteiger partial charge < -0.3 is 15.0 Å². The maximum Gasteiger partial charge on any atom is 0.308 e. The van der Waals surface area contributed by atoms with Crippen molar-refractivity contribution in [2.24, 2.45) is 0 Å². The summed E-state index contributed by atoms with van der Waals surface area (Å²) in [5.41, 5.74) is -0.0303. The fraction of sp³-hybridized carbons (Fsp3) is 0.292. The van der Waals surface area contributed by atoms with Gasteiger partial charge in [-0.2, -0.15) is 0 Å². The number of amides is 4. The van der Waals surface area contributed by atoms with Crippen LogP contribution in [0.25, 0.3) is 0 Å². The van der Waals surface area contributed by atoms with Gasteiger partial charge in [-0.25, -0.2) is 0 Å². The van der Waals surface area contributed by atoms with Crippen molar-refractivity contribution in [3.8, 4) is 5.75 Å². The van der Waals surface area contributed by atoms with Crippen molar-refractivity contribution in [2.75, 3.05) is 19.6 Å². The van der Waals surface area contributed by atoms with E-state index in [9.17, 15) is 34.1 Å². The number of esters is 1. The molecule has 0 atom stereocenters. The molecule has 2 heterocycles. The average Bonchev–Trinajstić information content (AvgIpc) is 3.08. The highest BCUT2D eigenvalue weighted by molar-refractivity contribution is 6.22. The van der Waals surface area contributed by atoms with Gasteiger partial charge in [-0.15, -0.1) is 0 Å². The predicted molar refractivity (Wildman–Crippen MR) is 123 cm³/mol. The number of nitrogens with one attached hydrogen (secondary N) is 1. The van der Waals surface area contributed by atoms with Crippen molar-refractivity contribution in [2.45, 2.75) is 25.8 Å². The van der Waals surface area contributed by atoms with E-state index in [2.05, 4.69) is 5.32 Å². The van der Waals surface area contributed by atoms with Crippen LogP contribution in [0.3, 0.4) is 0 Å². The summed E-state index contributed by atoms with van der Waals surface area (Å²) in [6, 6.07) is 9.43. The summed E-state index contributed by atoms with van der Waals surface area (Å²) in [6.45, 7) is 1.51. The smallest absolute Gasteiger partial charge is 0.308 e. The molecule has 2 aliphatic rings. The fourth-order valence-corrected chi connectivity index (χ4v) is 4.22. The molecule has 0 spiro atoms. The lowest BCUT2D eigenvalue weighted by atomic mass is 10.0. The molecule has 1 fully saturated rings. The van der Waals surface area contributed by atoms with Crippen LogP contribution in [0.1, 0.15) is 50.8 Å². The highest BCUT2D eigenvalue weighted by Crippen LogP contribution is 2.26. The number of ether oxygens (including phenoxy) is 1. The number of hydrogen-bond acceptors (Lipinski definition) is 8. The molecule has 2 aliphatic heterocycles. The first-order chi connectivity index (χ1) is 17.1. The average molecular weight is 494 g/mol. The molecule has 12 heteroatoms. The van der Waals surface area contributed by atoms with Crippen LogP contribution in [0.15, 0.2) is 42.5 Å². The maximum atomic E-state index is 12.8. The minimum absolute atomic E-state index is 0.0167. The van der Waals surface area contributed by atoms with Crippen LogP contribution in [0, 0.1) is 10.1 Å². The van der Waals surface area contributed by atoms with Gasteiger partial charge in [0.05, 0.1) is 16.1 Å². The molecule has 0 saturated carbocycles. The van der Waals surface area contributed by atoms with E-state index in [0.717, 1.165) is 17.0 Å². The number of nitrogens with zero attached hydrogens (tertiary/aromatic N) is 3. The summed E-state index contributed by atoms with van der Waals surface area (Å²) in [5.74, 6) is -2.43. The Morgan fingerprint density at radius 1 is 1.06 bits per heavy atom. The molecule has 4 amide bonds. The van der Waals surface area contributed by atoms with Gasteiger partial charge >= 0.3 is 5.97 Å². The number of piperidine rings is 1. The van der Waals surface area contributed by atoms with Crippen molar-refractivity contribution >= 4 is 35.3 Å². The highest BCUT2D eigenvalue weighted by Gasteiger charge is 2.38. The first-order valence-electron chi connectivity index (χ1n) is 11.2. The van der Waals surface area contributed by atoms with Crippen molar-refractivity contribution < 1.29 is 33.6 Å². The molecular formula is C24H22N4O8. The van der Waals surface area contributed by atoms with Gasteiger partial charge in [0.25, 0.3) is 23.4 Å². The molecule has 0 aromatic heterocycles. The number of carbonyl (C=O) groups excluding carboxylic acids is 5. The summed E-state index contributed by atoms with van der Waals surface area (Å²) in [6.07, 6.45) is 0.935. The molecule has 1 N–H and O–H groups in total. The Labute approximate surface area is 204 Å². The lowest BCUT2D eigenvalue weighted by molar-refractivity contribution is -0.384. The molecule has 4 rings (SSSR count). The number of hydrogen-bond donors (Lipinski definition) is 1. The van der Waals surface area contributed by atoms with Gasteiger partial charge in [-0.3, -0.25) is 39.0 Å². The van der Waals surface area contributed by atoms with E-state index in [-0.39, 0.29) is 34.5 Å². The second-order valence-electron chi connectivity index (χ2n) is 8.44. The summed E-state index contributed by atoms with van der Waals surface area (Å²) >= 11 is 0. The molecule has 2 aromatic rings. The number of rotatable bonds is 6. The molecule has 0 bridgehead atoms. The SMILES string of the molecule is CC(=O)Oc1cccc(C(=O)N2CCC(NC(=O)CN3C(=O)c4ccc([N+](=O)[O-])cc4C3=O)CC2)c1. The fourth-order valence-electron chi connectivity index (χ4n) is 4.22. The minimum Gasteiger partial charge on any atom is -0.427 e. The first kappa shape index (κ1) is 24.5. The third kappa shape index (κ3) is 5.06. The Kier molecular flexibility index (Phi) is 6.77. The molecule has 2 aromatic carbocycles. The van der Waals surface area contributed by atoms with Gasteiger partial charge in [-0.1, -0.05) is 6.07 Å². The van der Waals surface area contributed by atoms with Crippen LogP contribution < -0.4 is 10.1 Å². The van der Waals surface area contributed by atoms with Crippen molar-refractivity contribution in [3.63, 3.8) is 0 Å². The van der Waals surface area contributed by atoms with E-state index in [1.165, 1.54) is 19.1 Å². The Bertz CT molecular complexity index is 1280. The second kappa shape index (κ2) is 9.94. The molecule has 186 valence electrons. The monoisotopic (exact) mass is 494 g/mol. The Hall–Kier alpha value is -4.61. The van der Waals surface area contributed by atoms with Crippen LogP contribution in [0.2, 0.25) is 0 Å². The summed E-state index contributed by atoms with van der Waals surface area (Å²) in [5, 5.41) is 13.7. The summed E-state index contributed by atoms with van der Waals surface area (Å²) < 4.78 is 5.02. The molecular weight excluding hydrogens is 472 g/mol. The van der Waals surface area contributed by atoms with Gasteiger partial charge in [0, 0.05) is 43.8 Å². The largest absolute Gasteiger partial charge is 0.427 e. The third-order valence-electron chi connectivity index (χ3n) is 5.96. The second-order valence-corrected chi connectivity index (χ2v) is 8.44. The molecule has 0 radical (unpaired) electrons. The molecule has 1 saturated heterocycles. The standard InChI is InChI=1S/C24H22N4O8/c1-14(29)36-18-4-2-3-15(11-18)22(31)26-9-7-16(8-10-26)25-21(30)13-27-23(32)19-6-5-17(28(34)35)12-20(19)24(27)33/h2-6,11-12,16H,7-10,13H2,1H3,(H,25,30). The number of likely N-dealkylation sites (tertiary alicyclic amines) is 1. The zero-order chi connectivity index (χ0) is 26.0. The van der Waals surface area contributed by atoms with Crippen LogP contribution in [-0.2, 0) is 9.59 Å². The van der Waals surface area contributed by atoms with Crippen LogP contribution in [0.4, 0.5) is 5.69 Å². The van der Waals surface area contributed by atoms with Crippen molar-refractivity contribution in [1.29, 1.82) is 0 Å². The first-order valence-corrected chi connectivity index (χ1v) is 11.2. The van der Waals surface area contributed by atoms with E-state index >= 15 is 0 Å². The van der Waals surface area contributed by atoms with Crippen LogP contribution in [-0.4, -0.2) is 70.0 Å².